The molecule has 1 aliphatic rings. The van der Waals surface area contributed by atoms with Crippen LogP contribution in [0.25, 0.3) is 0 Å². The summed E-state index contributed by atoms with van der Waals surface area (Å²) in [5.74, 6) is -0.173. The Bertz CT molecular complexity index is 481. The highest BCUT2D eigenvalue weighted by atomic mass is 16.6. The maximum absolute atomic E-state index is 11.2. The number of rotatable bonds is 3. The molecule has 0 N–H and O–H groups in total. The molecule has 1 aliphatic heterocycles. The summed E-state index contributed by atoms with van der Waals surface area (Å²) in [6.07, 6.45) is 0.465. The minimum Gasteiger partial charge on any atom is -0.443 e. The third-order valence-corrected chi connectivity index (χ3v) is 2.06. The molecule has 2 rings (SSSR count). The fourth-order valence-electron chi connectivity index (χ4n) is 1.32. The molecule has 8 heteroatoms. The van der Waals surface area contributed by atoms with E-state index in [9.17, 15) is 14.9 Å². The topological polar surface area (TPSA) is 98.2 Å². The van der Waals surface area contributed by atoms with E-state index in [1.807, 2.05) is 0 Å². The van der Waals surface area contributed by atoms with E-state index in [4.69, 9.17) is 9.15 Å². The summed E-state index contributed by atoms with van der Waals surface area (Å²) < 4.78 is 9.68. The van der Waals surface area contributed by atoms with Crippen LogP contribution in [0.2, 0.25) is 0 Å². The lowest BCUT2D eigenvalue weighted by molar-refractivity contribution is -0.402. The van der Waals surface area contributed by atoms with Crippen LogP contribution in [0.15, 0.2) is 21.7 Å². The number of hydrazone groups is 1. The fraction of sp³-hybridized carbons (Fsp3) is 0.333. The summed E-state index contributed by atoms with van der Waals surface area (Å²) in [5.41, 5.74) is 0. The zero-order valence-corrected chi connectivity index (χ0v) is 8.90. The van der Waals surface area contributed by atoms with Gasteiger partial charge in [0.05, 0.1) is 18.8 Å². The first kappa shape index (κ1) is 11.1. The molecule has 1 fully saturated rings. The van der Waals surface area contributed by atoms with Crippen LogP contribution in [0, 0.1) is 10.1 Å². The lowest BCUT2D eigenvalue weighted by Crippen LogP contribution is -2.18. The number of carbonyl (C=O) groups excluding carboxylic acids is 1. The minimum absolute atomic E-state index is 0.198. The summed E-state index contributed by atoms with van der Waals surface area (Å²) in [6, 6.07) is 2.61. The first-order valence-electron chi connectivity index (χ1n) is 4.82. The summed E-state index contributed by atoms with van der Waals surface area (Å²) in [4.78, 5) is 20.9. The normalized spacial score (nSPS) is 19.9. The zero-order valence-electron chi connectivity index (χ0n) is 8.90. The Hall–Kier alpha value is -2.38. The van der Waals surface area contributed by atoms with E-state index in [0.717, 1.165) is 5.01 Å². The van der Waals surface area contributed by atoms with Gasteiger partial charge in [0.2, 0.25) is 0 Å². The van der Waals surface area contributed by atoms with Crippen LogP contribution in [0.1, 0.15) is 12.7 Å². The number of hydrogen-bond acceptors (Lipinski definition) is 6. The van der Waals surface area contributed by atoms with Gasteiger partial charge >= 0.3 is 12.0 Å². The van der Waals surface area contributed by atoms with Crippen LogP contribution in [0.3, 0.4) is 0 Å². The van der Waals surface area contributed by atoms with Gasteiger partial charge in [0.25, 0.3) is 0 Å². The average Bonchev–Trinajstić information content (AvgIpc) is 2.82. The lowest BCUT2D eigenvalue weighted by Gasteiger charge is -2.02. The van der Waals surface area contributed by atoms with Crippen LogP contribution in [-0.2, 0) is 4.74 Å². The molecule has 1 atom stereocenters. The Balaban J connectivity index is 2.05. The number of amides is 1. The summed E-state index contributed by atoms with van der Waals surface area (Å²) in [5, 5.41) is 15.3. The molecule has 0 bridgehead atoms. The van der Waals surface area contributed by atoms with E-state index >= 15 is 0 Å². The lowest BCUT2D eigenvalue weighted by atomic mass is 10.4. The van der Waals surface area contributed by atoms with Gasteiger partial charge in [-0.15, -0.1) is 0 Å². The molecule has 0 saturated carbocycles. The first-order valence-corrected chi connectivity index (χ1v) is 4.82. The molecular formula is C9H9N3O5. The van der Waals surface area contributed by atoms with Crippen LogP contribution < -0.4 is 0 Å². The van der Waals surface area contributed by atoms with Gasteiger partial charge in [-0.05, 0) is 13.0 Å². The van der Waals surface area contributed by atoms with Crippen molar-refractivity contribution in [3.8, 4) is 0 Å². The van der Waals surface area contributed by atoms with Gasteiger partial charge in [-0.3, -0.25) is 10.1 Å². The molecule has 1 aromatic rings. The van der Waals surface area contributed by atoms with E-state index in [2.05, 4.69) is 5.10 Å². The van der Waals surface area contributed by atoms with Crippen molar-refractivity contribution < 1.29 is 18.9 Å². The predicted octanol–water partition coefficient (Wildman–Crippen LogP) is 1.36. The molecule has 0 aliphatic carbocycles. The number of nitrogens with zero attached hydrogens (tertiary/aromatic N) is 3. The number of furan rings is 1. The van der Waals surface area contributed by atoms with E-state index in [1.165, 1.54) is 18.3 Å². The standard InChI is InChI=1S/C9H9N3O5/c1-6-5-11(9(13)16-6)10-4-7-2-3-8(17-7)12(14)15/h2-4,6H,5H2,1H3/b10-4+/t6-/m0/s1. The molecule has 1 saturated heterocycles. The van der Waals surface area contributed by atoms with Crippen molar-refractivity contribution in [3.05, 3.63) is 28.0 Å². The number of hydrogen-bond donors (Lipinski definition) is 0. The number of nitro groups is 1. The number of ether oxygens (including phenoxy) is 1. The molecule has 0 radical (unpaired) electrons. The second-order valence-electron chi connectivity index (χ2n) is 3.45. The van der Waals surface area contributed by atoms with Gasteiger partial charge < -0.3 is 9.15 Å². The average molecular weight is 239 g/mol. The maximum atomic E-state index is 11.2. The van der Waals surface area contributed by atoms with Crippen LogP contribution in [0.5, 0.6) is 0 Å². The molecule has 1 aromatic heterocycles. The molecule has 2 heterocycles. The van der Waals surface area contributed by atoms with Crippen molar-refractivity contribution in [2.24, 2.45) is 5.10 Å². The Labute approximate surface area is 95.6 Å². The van der Waals surface area contributed by atoms with E-state index in [0.29, 0.717) is 6.54 Å². The van der Waals surface area contributed by atoms with Gasteiger partial charge in [-0.1, -0.05) is 0 Å². The Kier molecular flexibility index (Phi) is 2.77. The smallest absolute Gasteiger partial charge is 0.433 e. The molecule has 1 amide bonds. The maximum Gasteiger partial charge on any atom is 0.433 e. The molecule has 0 aromatic carbocycles. The van der Waals surface area contributed by atoms with Gasteiger partial charge in [0.1, 0.15) is 11.0 Å². The van der Waals surface area contributed by atoms with Gasteiger partial charge in [-0.25, -0.2) is 4.79 Å². The minimum atomic E-state index is -0.649. The van der Waals surface area contributed by atoms with E-state index < -0.39 is 11.0 Å². The van der Waals surface area contributed by atoms with Crippen LogP contribution >= 0.6 is 0 Å². The van der Waals surface area contributed by atoms with Crippen LogP contribution in [-0.4, -0.2) is 34.9 Å². The Morgan fingerprint density at radius 1 is 1.65 bits per heavy atom. The quantitative estimate of drug-likeness (QED) is 0.450. The second kappa shape index (κ2) is 4.24. The van der Waals surface area contributed by atoms with Crippen molar-refractivity contribution in [2.45, 2.75) is 13.0 Å². The van der Waals surface area contributed by atoms with Crippen molar-refractivity contribution in [3.63, 3.8) is 0 Å². The SMILES string of the molecule is C[C@H]1CN(/N=C/c2ccc([N+](=O)[O-])o2)C(=O)O1. The van der Waals surface area contributed by atoms with Crippen molar-refractivity contribution in [1.29, 1.82) is 0 Å². The summed E-state index contributed by atoms with van der Waals surface area (Å²) >= 11 is 0. The number of carbonyl (C=O) groups is 1. The third kappa shape index (κ3) is 2.41. The summed E-state index contributed by atoms with van der Waals surface area (Å²) in [6.45, 7) is 2.09. The molecule has 0 unspecified atom stereocenters. The van der Waals surface area contributed by atoms with Crippen LogP contribution in [0.4, 0.5) is 10.7 Å². The second-order valence-corrected chi connectivity index (χ2v) is 3.45. The number of cyclic esters (lactones) is 1. The van der Waals surface area contributed by atoms with E-state index in [-0.39, 0.29) is 17.7 Å². The first-order chi connectivity index (χ1) is 8.06. The Morgan fingerprint density at radius 2 is 2.41 bits per heavy atom. The van der Waals surface area contributed by atoms with Gasteiger partial charge in [0.15, 0.2) is 5.76 Å². The highest BCUT2D eigenvalue weighted by molar-refractivity contribution is 5.78. The largest absolute Gasteiger partial charge is 0.443 e. The summed E-state index contributed by atoms with van der Waals surface area (Å²) in [7, 11) is 0. The highest BCUT2D eigenvalue weighted by Crippen LogP contribution is 2.15. The predicted molar refractivity (Wildman–Crippen MR) is 55.6 cm³/mol. The van der Waals surface area contributed by atoms with Gasteiger partial charge in [-0.2, -0.15) is 10.1 Å². The van der Waals surface area contributed by atoms with Crippen molar-refractivity contribution in [1.82, 2.24) is 5.01 Å². The Morgan fingerprint density at radius 3 is 2.94 bits per heavy atom. The monoisotopic (exact) mass is 239 g/mol. The molecular weight excluding hydrogens is 230 g/mol. The molecule has 17 heavy (non-hydrogen) atoms. The molecule has 0 spiro atoms. The molecule has 8 nitrogen and oxygen atoms in total. The zero-order chi connectivity index (χ0) is 12.4. The van der Waals surface area contributed by atoms with Gasteiger partial charge in [0, 0.05) is 0 Å². The van der Waals surface area contributed by atoms with Crippen molar-refractivity contribution >= 4 is 18.2 Å². The highest BCUT2D eigenvalue weighted by Gasteiger charge is 2.27. The third-order valence-electron chi connectivity index (χ3n) is 2.06. The molecule has 90 valence electrons. The van der Waals surface area contributed by atoms with Crippen molar-refractivity contribution in [2.75, 3.05) is 6.54 Å². The van der Waals surface area contributed by atoms with E-state index in [1.54, 1.807) is 6.92 Å². The fourth-order valence-corrected chi connectivity index (χ4v) is 1.32.